The normalized spacial score (nSPS) is 17.7. The Morgan fingerprint density at radius 3 is 2.39 bits per heavy atom. The topological polar surface area (TPSA) is 55.9 Å². The number of nitrogens with one attached hydrogen (secondary N) is 1. The first-order valence-corrected chi connectivity index (χ1v) is 11.9. The monoisotopic (exact) mass is 452 g/mol. The summed E-state index contributed by atoms with van der Waals surface area (Å²) in [6, 6.07) is 16.3. The molecule has 0 spiro atoms. The van der Waals surface area contributed by atoms with Gasteiger partial charge in [0, 0.05) is 70.4 Å². The fraction of sp³-hybridized carbons (Fsp3) is 0.462. The highest BCUT2D eigenvalue weighted by Gasteiger charge is 2.30. The molecule has 0 aromatic heterocycles. The fourth-order valence-electron chi connectivity index (χ4n) is 4.76. The summed E-state index contributed by atoms with van der Waals surface area (Å²) < 4.78 is 13.8. The third kappa shape index (κ3) is 6.39. The van der Waals surface area contributed by atoms with Gasteiger partial charge >= 0.3 is 0 Å². The summed E-state index contributed by atoms with van der Waals surface area (Å²) in [5.74, 6) is -0.533. The lowest BCUT2D eigenvalue weighted by Gasteiger charge is -2.39. The molecule has 2 saturated heterocycles. The predicted octanol–water partition coefficient (Wildman–Crippen LogP) is 2.75. The number of piperidine rings is 1. The number of halogens is 1. The molecular formula is C26H33FN4O2. The second-order valence-corrected chi connectivity index (χ2v) is 8.88. The summed E-state index contributed by atoms with van der Waals surface area (Å²) >= 11 is 0. The standard InChI is InChI=1S/C26H33FN4O2/c27-23-8-4-7-22(19-23)26(33)31(16-11-25(32)30-17-12-28-13-18-30)24-9-14-29(15-10-24)20-21-5-2-1-3-6-21/h1-8,19,24,28H,9-18,20H2. The number of carbonyl (C=O) groups excluding carboxylic acids is 2. The number of hydrogen-bond donors (Lipinski definition) is 1. The van der Waals surface area contributed by atoms with Crippen LogP contribution >= 0.6 is 0 Å². The predicted molar refractivity (Wildman–Crippen MR) is 126 cm³/mol. The van der Waals surface area contributed by atoms with Crippen LogP contribution in [-0.4, -0.2) is 78.4 Å². The van der Waals surface area contributed by atoms with E-state index >= 15 is 0 Å². The van der Waals surface area contributed by atoms with E-state index in [0.29, 0.717) is 31.6 Å². The molecule has 0 aliphatic carbocycles. The van der Waals surface area contributed by atoms with Gasteiger partial charge in [-0.2, -0.15) is 0 Å². The number of piperazine rings is 1. The van der Waals surface area contributed by atoms with Gasteiger partial charge in [-0.05, 0) is 36.6 Å². The van der Waals surface area contributed by atoms with Crippen molar-refractivity contribution in [3.63, 3.8) is 0 Å². The highest BCUT2D eigenvalue weighted by atomic mass is 19.1. The van der Waals surface area contributed by atoms with Crippen LogP contribution in [0.5, 0.6) is 0 Å². The van der Waals surface area contributed by atoms with Gasteiger partial charge in [0.25, 0.3) is 5.91 Å². The number of hydrogen-bond acceptors (Lipinski definition) is 4. The minimum atomic E-state index is -0.421. The van der Waals surface area contributed by atoms with Crippen molar-refractivity contribution >= 4 is 11.8 Å². The summed E-state index contributed by atoms with van der Waals surface area (Å²) in [5.41, 5.74) is 1.63. The number of amides is 2. The molecule has 4 rings (SSSR count). The molecule has 2 fully saturated rings. The van der Waals surface area contributed by atoms with Crippen molar-refractivity contribution in [2.75, 3.05) is 45.8 Å². The highest BCUT2D eigenvalue weighted by Crippen LogP contribution is 2.21. The van der Waals surface area contributed by atoms with Crippen LogP contribution in [0.4, 0.5) is 4.39 Å². The van der Waals surface area contributed by atoms with Crippen LogP contribution in [0.1, 0.15) is 35.2 Å². The smallest absolute Gasteiger partial charge is 0.254 e. The summed E-state index contributed by atoms with van der Waals surface area (Å²) in [7, 11) is 0. The molecule has 0 unspecified atom stereocenters. The summed E-state index contributed by atoms with van der Waals surface area (Å²) in [6.45, 7) is 6.04. The molecule has 2 heterocycles. The summed E-state index contributed by atoms with van der Waals surface area (Å²) in [4.78, 5) is 32.2. The Morgan fingerprint density at radius 1 is 0.970 bits per heavy atom. The van der Waals surface area contributed by atoms with Crippen molar-refractivity contribution < 1.29 is 14.0 Å². The fourth-order valence-corrected chi connectivity index (χ4v) is 4.76. The van der Waals surface area contributed by atoms with Crippen molar-refractivity contribution in [3.8, 4) is 0 Å². The zero-order chi connectivity index (χ0) is 23.0. The van der Waals surface area contributed by atoms with E-state index in [9.17, 15) is 14.0 Å². The van der Waals surface area contributed by atoms with Crippen molar-refractivity contribution in [2.45, 2.75) is 31.8 Å². The zero-order valence-electron chi connectivity index (χ0n) is 19.1. The first-order chi connectivity index (χ1) is 16.1. The van der Waals surface area contributed by atoms with E-state index in [0.717, 1.165) is 45.6 Å². The molecule has 0 atom stereocenters. The molecule has 2 aromatic carbocycles. The van der Waals surface area contributed by atoms with Crippen LogP contribution < -0.4 is 5.32 Å². The van der Waals surface area contributed by atoms with Gasteiger partial charge in [0.05, 0.1) is 0 Å². The van der Waals surface area contributed by atoms with Crippen molar-refractivity contribution in [2.24, 2.45) is 0 Å². The SMILES string of the molecule is O=C(CCN(C(=O)c1cccc(F)c1)C1CCN(Cc2ccccc2)CC1)N1CCNCC1. The van der Waals surface area contributed by atoms with Crippen LogP contribution in [0.3, 0.4) is 0 Å². The second kappa shape index (κ2) is 11.4. The molecule has 0 radical (unpaired) electrons. The quantitative estimate of drug-likeness (QED) is 0.702. The lowest BCUT2D eigenvalue weighted by atomic mass is 10.0. The molecule has 0 saturated carbocycles. The number of likely N-dealkylation sites (tertiary alicyclic amines) is 1. The maximum absolute atomic E-state index is 13.8. The molecule has 2 aliphatic heterocycles. The highest BCUT2D eigenvalue weighted by molar-refractivity contribution is 5.94. The second-order valence-electron chi connectivity index (χ2n) is 8.88. The molecule has 33 heavy (non-hydrogen) atoms. The molecule has 2 amide bonds. The largest absolute Gasteiger partial charge is 0.340 e. The Kier molecular flexibility index (Phi) is 8.07. The van der Waals surface area contributed by atoms with Crippen molar-refractivity contribution in [1.82, 2.24) is 20.0 Å². The lowest BCUT2D eigenvalue weighted by Crippen LogP contribution is -2.50. The van der Waals surface area contributed by atoms with E-state index in [2.05, 4.69) is 34.5 Å². The molecule has 6 nitrogen and oxygen atoms in total. The number of carbonyl (C=O) groups is 2. The Hall–Kier alpha value is -2.77. The van der Waals surface area contributed by atoms with Gasteiger partial charge in [-0.1, -0.05) is 36.4 Å². The van der Waals surface area contributed by atoms with Gasteiger partial charge in [-0.3, -0.25) is 14.5 Å². The van der Waals surface area contributed by atoms with Gasteiger partial charge < -0.3 is 15.1 Å². The number of nitrogens with zero attached hydrogens (tertiary/aromatic N) is 3. The zero-order valence-corrected chi connectivity index (χ0v) is 19.1. The van der Waals surface area contributed by atoms with Crippen LogP contribution in [0.2, 0.25) is 0 Å². The van der Waals surface area contributed by atoms with Crippen LogP contribution in [-0.2, 0) is 11.3 Å². The molecule has 2 aromatic rings. The van der Waals surface area contributed by atoms with E-state index in [1.54, 1.807) is 12.1 Å². The number of rotatable bonds is 7. The lowest BCUT2D eigenvalue weighted by molar-refractivity contribution is -0.132. The maximum Gasteiger partial charge on any atom is 0.254 e. The molecule has 0 bridgehead atoms. The van der Waals surface area contributed by atoms with Crippen molar-refractivity contribution in [1.29, 1.82) is 0 Å². The Labute approximate surface area is 195 Å². The van der Waals surface area contributed by atoms with E-state index in [1.165, 1.54) is 17.7 Å². The van der Waals surface area contributed by atoms with E-state index in [4.69, 9.17) is 0 Å². The van der Waals surface area contributed by atoms with Crippen LogP contribution in [0.15, 0.2) is 54.6 Å². The van der Waals surface area contributed by atoms with Gasteiger partial charge in [0.1, 0.15) is 5.82 Å². The molecule has 7 heteroatoms. The van der Waals surface area contributed by atoms with E-state index in [1.807, 2.05) is 15.9 Å². The van der Waals surface area contributed by atoms with Crippen LogP contribution in [0.25, 0.3) is 0 Å². The van der Waals surface area contributed by atoms with E-state index in [-0.39, 0.29) is 17.9 Å². The van der Waals surface area contributed by atoms with Gasteiger partial charge in [-0.25, -0.2) is 4.39 Å². The van der Waals surface area contributed by atoms with Crippen LogP contribution in [0, 0.1) is 5.82 Å². The maximum atomic E-state index is 13.8. The first kappa shape index (κ1) is 23.4. The van der Waals surface area contributed by atoms with Crippen molar-refractivity contribution in [3.05, 3.63) is 71.5 Å². The molecular weight excluding hydrogens is 419 g/mol. The summed E-state index contributed by atoms with van der Waals surface area (Å²) in [6.07, 6.45) is 1.98. The van der Waals surface area contributed by atoms with Gasteiger partial charge in [0.2, 0.25) is 5.91 Å². The molecule has 2 aliphatic rings. The Bertz CT molecular complexity index is 925. The minimum Gasteiger partial charge on any atom is -0.340 e. The minimum absolute atomic E-state index is 0.0450. The van der Waals surface area contributed by atoms with Gasteiger partial charge in [0.15, 0.2) is 0 Å². The third-order valence-electron chi connectivity index (χ3n) is 6.62. The van der Waals surface area contributed by atoms with Gasteiger partial charge in [-0.15, -0.1) is 0 Å². The summed E-state index contributed by atoms with van der Waals surface area (Å²) in [5, 5.41) is 3.25. The third-order valence-corrected chi connectivity index (χ3v) is 6.62. The molecule has 1 N–H and O–H groups in total. The Morgan fingerprint density at radius 2 is 1.70 bits per heavy atom. The molecule has 176 valence electrons. The number of benzene rings is 2. The average molecular weight is 453 g/mol. The average Bonchev–Trinajstić information content (AvgIpc) is 2.86. The first-order valence-electron chi connectivity index (χ1n) is 11.9. The van der Waals surface area contributed by atoms with E-state index < -0.39 is 5.82 Å². The Balaban J connectivity index is 1.41.